The van der Waals surface area contributed by atoms with Gasteiger partial charge in [0, 0.05) is 5.69 Å². The molecule has 1 fully saturated rings. The number of aryl methyl sites for hydroxylation is 2. The minimum Gasteiger partial charge on any atom is -0.370 e. The third-order valence-corrected chi connectivity index (χ3v) is 5.68. The summed E-state index contributed by atoms with van der Waals surface area (Å²) in [5.74, 6) is 0.537. The smallest absolute Gasteiger partial charge is 0.193 e. The molecular formula is C14H22IN3O2S. The number of halogens is 1. The lowest BCUT2D eigenvalue weighted by Crippen LogP contribution is -2.26. The van der Waals surface area contributed by atoms with Gasteiger partial charge in [-0.3, -0.25) is 4.99 Å². The number of anilines is 1. The lowest BCUT2D eigenvalue weighted by atomic mass is 10.1. The molecule has 1 heterocycles. The molecule has 1 unspecified atom stereocenters. The average Bonchev–Trinajstić information content (AvgIpc) is 2.64. The van der Waals surface area contributed by atoms with E-state index in [-0.39, 0.29) is 47.5 Å². The van der Waals surface area contributed by atoms with Crippen LogP contribution in [0.1, 0.15) is 24.0 Å². The van der Waals surface area contributed by atoms with Gasteiger partial charge in [-0.2, -0.15) is 0 Å². The molecule has 1 aliphatic heterocycles. The van der Waals surface area contributed by atoms with Crippen LogP contribution in [0.5, 0.6) is 0 Å². The second kappa shape index (κ2) is 7.44. The van der Waals surface area contributed by atoms with Gasteiger partial charge in [0.1, 0.15) is 0 Å². The van der Waals surface area contributed by atoms with Crippen molar-refractivity contribution in [1.29, 1.82) is 0 Å². The normalized spacial score (nSPS) is 20.9. The Hall–Kier alpha value is -0.830. The highest BCUT2D eigenvalue weighted by Gasteiger charge is 2.30. The van der Waals surface area contributed by atoms with Gasteiger partial charge >= 0.3 is 0 Å². The van der Waals surface area contributed by atoms with E-state index in [9.17, 15) is 8.42 Å². The highest BCUT2D eigenvalue weighted by Crippen LogP contribution is 2.20. The maximum Gasteiger partial charge on any atom is 0.193 e. The molecule has 118 valence electrons. The Morgan fingerprint density at radius 2 is 1.95 bits per heavy atom. The zero-order valence-corrected chi connectivity index (χ0v) is 15.4. The first-order chi connectivity index (χ1) is 9.37. The van der Waals surface area contributed by atoms with Crippen molar-refractivity contribution in [1.82, 2.24) is 0 Å². The Kier molecular flexibility index (Phi) is 6.45. The van der Waals surface area contributed by atoms with Crippen molar-refractivity contribution >= 4 is 45.5 Å². The van der Waals surface area contributed by atoms with Gasteiger partial charge in [0.25, 0.3) is 0 Å². The first kappa shape index (κ1) is 18.2. The molecule has 1 aromatic carbocycles. The number of rotatable bonds is 3. The van der Waals surface area contributed by atoms with Gasteiger partial charge in [0.2, 0.25) is 0 Å². The molecule has 1 aromatic rings. The number of aliphatic imine (C=N–C) groups is 1. The summed E-state index contributed by atoms with van der Waals surface area (Å²) in [6.07, 6.45) is 1.41. The Balaban J connectivity index is 0.00000220. The molecule has 0 amide bonds. The molecule has 0 spiro atoms. The minimum absolute atomic E-state index is 0. The molecule has 1 atom stereocenters. The van der Waals surface area contributed by atoms with E-state index in [2.05, 4.69) is 16.4 Å². The van der Waals surface area contributed by atoms with Crippen LogP contribution in [0.15, 0.2) is 23.2 Å². The summed E-state index contributed by atoms with van der Waals surface area (Å²) in [6, 6.07) is 6.02. The number of hydrogen-bond acceptors (Lipinski definition) is 3. The van der Waals surface area contributed by atoms with Crippen molar-refractivity contribution in [2.24, 2.45) is 10.7 Å². The van der Waals surface area contributed by atoms with Crippen molar-refractivity contribution in [2.45, 2.75) is 31.9 Å². The van der Waals surface area contributed by atoms with Crippen LogP contribution in [0.2, 0.25) is 0 Å². The number of nitrogens with one attached hydrogen (secondary N) is 1. The van der Waals surface area contributed by atoms with Crippen LogP contribution in [0.4, 0.5) is 5.69 Å². The van der Waals surface area contributed by atoms with E-state index in [0.717, 1.165) is 23.2 Å². The molecule has 0 saturated carbocycles. The molecule has 2 rings (SSSR count). The van der Waals surface area contributed by atoms with E-state index in [1.165, 1.54) is 0 Å². The number of benzene rings is 1. The van der Waals surface area contributed by atoms with Crippen LogP contribution in [-0.4, -0.2) is 31.9 Å². The number of guanidine groups is 1. The van der Waals surface area contributed by atoms with Crippen molar-refractivity contribution in [3.8, 4) is 0 Å². The summed E-state index contributed by atoms with van der Waals surface area (Å²) in [4.78, 5) is 4.16. The first-order valence-electron chi connectivity index (χ1n) is 6.73. The van der Waals surface area contributed by atoms with E-state index in [1.807, 2.05) is 26.0 Å². The number of nitrogens with zero attached hydrogens (tertiary/aromatic N) is 1. The fourth-order valence-electron chi connectivity index (χ4n) is 2.50. The van der Waals surface area contributed by atoms with Crippen molar-refractivity contribution in [3.63, 3.8) is 0 Å². The third-order valence-electron chi connectivity index (χ3n) is 3.42. The van der Waals surface area contributed by atoms with Crippen LogP contribution in [0.25, 0.3) is 0 Å². The van der Waals surface area contributed by atoms with E-state index < -0.39 is 9.84 Å². The van der Waals surface area contributed by atoms with E-state index in [1.54, 1.807) is 0 Å². The second-order valence-electron chi connectivity index (χ2n) is 5.36. The standard InChI is InChI=1S/C14H21N3O2S.HI/c1-10-6-11(2)8-12(7-10)17-14(15)16-9-13-4-3-5-20(13,18)19;/h6-8,13H,3-5,9H2,1-2H3,(H3,15,16,17);1H. The minimum atomic E-state index is -2.96. The molecule has 3 N–H and O–H groups in total. The summed E-state index contributed by atoms with van der Waals surface area (Å²) in [7, 11) is -2.96. The zero-order chi connectivity index (χ0) is 14.8. The quantitative estimate of drug-likeness (QED) is 0.444. The highest BCUT2D eigenvalue weighted by molar-refractivity contribution is 14.0. The molecule has 1 saturated heterocycles. The van der Waals surface area contributed by atoms with Crippen LogP contribution in [-0.2, 0) is 9.84 Å². The Labute approximate surface area is 143 Å². The average molecular weight is 423 g/mol. The van der Waals surface area contributed by atoms with Gasteiger partial charge in [0.05, 0.1) is 17.5 Å². The van der Waals surface area contributed by atoms with Gasteiger partial charge < -0.3 is 11.1 Å². The maximum atomic E-state index is 11.7. The highest BCUT2D eigenvalue weighted by atomic mass is 127. The van der Waals surface area contributed by atoms with Gasteiger partial charge in [-0.1, -0.05) is 6.07 Å². The van der Waals surface area contributed by atoms with Crippen LogP contribution in [0.3, 0.4) is 0 Å². The van der Waals surface area contributed by atoms with Crippen LogP contribution >= 0.6 is 24.0 Å². The van der Waals surface area contributed by atoms with Gasteiger partial charge in [-0.15, -0.1) is 24.0 Å². The predicted octanol–water partition coefficient (Wildman–Crippen LogP) is 2.23. The Morgan fingerprint density at radius 1 is 1.33 bits per heavy atom. The summed E-state index contributed by atoms with van der Waals surface area (Å²) >= 11 is 0. The molecule has 0 aromatic heterocycles. The molecule has 0 radical (unpaired) electrons. The second-order valence-corrected chi connectivity index (χ2v) is 7.76. The molecule has 21 heavy (non-hydrogen) atoms. The summed E-state index contributed by atoms with van der Waals surface area (Å²) in [5.41, 5.74) is 8.97. The Bertz CT molecular complexity index is 609. The molecule has 0 bridgehead atoms. The van der Waals surface area contributed by atoms with E-state index in [0.29, 0.717) is 6.42 Å². The van der Waals surface area contributed by atoms with Crippen LogP contribution in [0, 0.1) is 13.8 Å². The number of nitrogens with two attached hydrogens (primary N) is 1. The predicted molar refractivity (Wildman–Crippen MR) is 98.3 cm³/mol. The molecule has 0 aliphatic carbocycles. The van der Waals surface area contributed by atoms with E-state index in [4.69, 9.17) is 5.73 Å². The molecule has 1 aliphatic rings. The zero-order valence-electron chi connectivity index (χ0n) is 12.3. The number of sulfone groups is 1. The maximum absolute atomic E-state index is 11.7. The first-order valence-corrected chi connectivity index (χ1v) is 8.45. The monoisotopic (exact) mass is 423 g/mol. The molecular weight excluding hydrogens is 401 g/mol. The lowest BCUT2D eigenvalue weighted by molar-refractivity contribution is 0.590. The van der Waals surface area contributed by atoms with Gasteiger partial charge in [-0.05, 0) is 49.9 Å². The van der Waals surface area contributed by atoms with Gasteiger partial charge in [-0.25, -0.2) is 8.42 Å². The fourth-order valence-corrected chi connectivity index (χ4v) is 4.23. The lowest BCUT2D eigenvalue weighted by Gasteiger charge is -2.09. The Morgan fingerprint density at radius 3 is 2.48 bits per heavy atom. The SMILES string of the molecule is Cc1cc(C)cc(NC(N)=NCC2CCCS2(=O)=O)c1.I. The largest absolute Gasteiger partial charge is 0.370 e. The third kappa shape index (κ3) is 5.14. The van der Waals surface area contributed by atoms with Gasteiger partial charge in [0.15, 0.2) is 15.8 Å². The topological polar surface area (TPSA) is 84.5 Å². The summed E-state index contributed by atoms with van der Waals surface area (Å²) in [6.45, 7) is 4.26. The molecule has 5 nitrogen and oxygen atoms in total. The van der Waals surface area contributed by atoms with Crippen molar-refractivity contribution in [2.75, 3.05) is 17.6 Å². The fraction of sp³-hybridized carbons (Fsp3) is 0.500. The van der Waals surface area contributed by atoms with Crippen molar-refractivity contribution < 1.29 is 8.42 Å². The van der Waals surface area contributed by atoms with E-state index >= 15 is 0 Å². The summed E-state index contributed by atoms with van der Waals surface area (Å²) in [5, 5.41) is 2.63. The van der Waals surface area contributed by atoms with Crippen molar-refractivity contribution in [3.05, 3.63) is 29.3 Å². The molecule has 7 heteroatoms. The number of hydrogen-bond donors (Lipinski definition) is 2. The summed E-state index contributed by atoms with van der Waals surface area (Å²) < 4.78 is 23.4. The van der Waals surface area contributed by atoms with Crippen LogP contribution < -0.4 is 11.1 Å².